The van der Waals surface area contributed by atoms with Crippen LogP contribution in [0.15, 0.2) is 17.2 Å². The Morgan fingerprint density at radius 2 is 1.79 bits per heavy atom. The first kappa shape index (κ1) is 17.4. The van der Waals surface area contributed by atoms with Crippen LogP contribution in [0.25, 0.3) is 0 Å². The maximum Gasteiger partial charge on any atom is 0.270 e. The fourth-order valence-corrected chi connectivity index (χ4v) is 4.94. The summed E-state index contributed by atoms with van der Waals surface area (Å²) in [6, 6.07) is 1.53. The average Bonchev–Trinajstić information content (AvgIpc) is 2.81. The first-order valence-corrected chi connectivity index (χ1v) is 10.1. The second-order valence-electron chi connectivity index (χ2n) is 6.53. The molecule has 2 aliphatic heterocycles. The molecule has 0 aromatic carbocycles. The zero-order valence-electron chi connectivity index (χ0n) is 14.2. The quantitative estimate of drug-likeness (QED) is 0.864. The molecule has 2 saturated heterocycles. The van der Waals surface area contributed by atoms with Crippen molar-refractivity contribution in [1.82, 2.24) is 19.1 Å². The van der Waals surface area contributed by atoms with Crippen molar-refractivity contribution in [2.24, 2.45) is 7.05 Å². The average molecular weight is 354 g/mol. The maximum absolute atomic E-state index is 12.8. The molecule has 0 saturated carbocycles. The van der Waals surface area contributed by atoms with Crippen LogP contribution in [0, 0.1) is 0 Å². The zero-order chi connectivity index (χ0) is 17.2. The Morgan fingerprint density at radius 1 is 1.04 bits per heavy atom. The molecule has 0 unspecified atom stereocenters. The van der Waals surface area contributed by atoms with Gasteiger partial charge >= 0.3 is 0 Å². The summed E-state index contributed by atoms with van der Waals surface area (Å²) >= 11 is 0. The van der Waals surface area contributed by atoms with Crippen molar-refractivity contribution in [3.8, 4) is 0 Å². The number of piperidine rings is 1. The highest BCUT2D eigenvalue weighted by Gasteiger charge is 2.29. The molecule has 1 aromatic rings. The summed E-state index contributed by atoms with van der Waals surface area (Å²) in [6.07, 6.45) is 5.35. The number of carbonyl (C=O) groups is 1. The SMILES string of the molecule is Cn1cc(S(=O)(=O)N2CCCCC2)cc1C(=O)N1CCCNCC1. The van der Waals surface area contributed by atoms with Gasteiger partial charge in [-0.15, -0.1) is 0 Å². The van der Waals surface area contributed by atoms with E-state index in [9.17, 15) is 13.2 Å². The summed E-state index contributed by atoms with van der Waals surface area (Å²) in [6.45, 7) is 4.17. The van der Waals surface area contributed by atoms with Crippen molar-refractivity contribution in [3.05, 3.63) is 18.0 Å². The van der Waals surface area contributed by atoms with Crippen LogP contribution in [0.3, 0.4) is 0 Å². The van der Waals surface area contributed by atoms with Crippen LogP contribution in [-0.4, -0.2) is 67.4 Å². The number of nitrogens with one attached hydrogen (secondary N) is 1. The van der Waals surface area contributed by atoms with Crippen LogP contribution in [0.1, 0.15) is 36.2 Å². The van der Waals surface area contributed by atoms with Crippen molar-refractivity contribution in [1.29, 1.82) is 0 Å². The number of carbonyl (C=O) groups excluding carboxylic acids is 1. The van der Waals surface area contributed by atoms with E-state index in [4.69, 9.17) is 0 Å². The first-order valence-electron chi connectivity index (χ1n) is 8.66. The molecule has 0 bridgehead atoms. The fraction of sp³-hybridized carbons (Fsp3) is 0.688. The predicted octanol–water partition coefficient (Wildman–Crippen LogP) is 0.635. The number of aryl methyl sites for hydroxylation is 1. The molecule has 3 rings (SSSR count). The van der Waals surface area contributed by atoms with E-state index in [0.29, 0.717) is 31.9 Å². The van der Waals surface area contributed by atoms with Crippen molar-refractivity contribution < 1.29 is 13.2 Å². The molecule has 24 heavy (non-hydrogen) atoms. The zero-order valence-corrected chi connectivity index (χ0v) is 15.0. The summed E-state index contributed by atoms with van der Waals surface area (Å²) in [5.74, 6) is -0.0960. The summed E-state index contributed by atoms with van der Waals surface area (Å²) in [7, 11) is -1.77. The Labute approximate surface area is 143 Å². The van der Waals surface area contributed by atoms with Crippen LogP contribution in [-0.2, 0) is 17.1 Å². The van der Waals surface area contributed by atoms with Crippen LogP contribution in [0.5, 0.6) is 0 Å². The molecule has 0 radical (unpaired) electrons. The van der Waals surface area contributed by atoms with E-state index in [1.165, 1.54) is 10.4 Å². The summed E-state index contributed by atoms with van der Waals surface area (Å²) in [4.78, 5) is 14.8. The smallest absolute Gasteiger partial charge is 0.270 e. The molecule has 8 heteroatoms. The van der Waals surface area contributed by atoms with Gasteiger partial charge in [0.25, 0.3) is 5.91 Å². The van der Waals surface area contributed by atoms with Gasteiger partial charge < -0.3 is 14.8 Å². The highest BCUT2D eigenvalue weighted by molar-refractivity contribution is 7.89. The lowest BCUT2D eigenvalue weighted by atomic mass is 10.2. The minimum Gasteiger partial charge on any atom is -0.345 e. The van der Waals surface area contributed by atoms with Crippen molar-refractivity contribution in [3.63, 3.8) is 0 Å². The van der Waals surface area contributed by atoms with Gasteiger partial charge in [-0.05, 0) is 31.9 Å². The van der Waals surface area contributed by atoms with Gasteiger partial charge in [0.2, 0.25) is 10.0 Å². The van der Waals surface area contributed by atoms with Gasteiger partial charge in [0.05, 0.1) is 0 Å². The van der Waals surface area contributed by atoms with Gasteiger partial charge in [0, 0.05) is 46.0 Å². The normalized spacial score (nSPS) is 20.8. The van der Waals surface area contributed by atoms with Crippen molar-refractivity contribution in [2.45, 2.75) is 30.6 Å². The topological polar surface area (TPSA) is 74.7 Å². The first-order chi connectivity index (χ1) is 11.5. The van der Waals surface area contributed by atoms with E-state index >= 15 is 0 Å². The monoisotopic (exact) mass is 354 g/mol. The molecule has 2 aliphatic rings. The minimum absolute atomic E-state index is 0.0960. The van der Waals surface area contributed by atoms with Crippen molar-refractivity contribution in [2.75, 3.05) is 39.3 Å². The third-order valence-corrected chi connectivity index (χ3v) is 6.64. The molecule has 2 fully saturated rings. The molecule has 7 nitrogen and oxygen atoms in total. The van der Waals surface area contributed by atoms with Gasteiger partial charge in [0.1, 0.15) is 10.6 Å². The van der Waals surface area contributed by atoms with E-state index in [-0.39, 0.29) is 10.8 Å². The maximum atomic E-state index is 12.8. The van der Waals surface area contributed by atoms with E-state index < -0.39 is 10.0 Å². The molecule has 0 spiro atoms. The molecule has 1 amide bonds. The number of nitrogens with zero attached hydrogens (tertiary/aromatic N) is 3. The predicted molar refractivity (Wildman–Crippen MR) is 91.4 cm³/mol. The number of aromatic nitrogens is 1. The lowest BCUT2D eigenvalue weighted by molar-refractivity contribution is 0.0757. The second kappa shape index (κ2) is 7.25. The highest BCUT2D eigenvalue weighted by atomic mass is 32.2. The third-order valence-electron chi connectivity index (χ3n) is 4.78. The minimum atomic E-state index is -3.51. The van der Waals surface area contributed by atoms with Crippen LogP contribution >= 0.6 is 0 Å². The summed E-state index contributed by atoms with van der Waals surface area (Å²) in [5, 5.41) is 3.27. The standard InChI is InChI=1S/C16H26N4O3S/c1-18-13-14(24(22,23)20-9-3-2-4-10-20)12-15(18)16(21)19-8-5-6-17-7-11-19/h12-13,17H,2-11H2,1H3. The van der Waals surface area contributed by atoms with Gasteiger partial charge in [-0.2, -0.15) is 4.31 Å². The molecule has 3 heterocycles. The van der Waals surface area contributed by atoms with E-state index in [0.717, 1.165) is 38.8 Å². The lowest BCUT2D eigenvalue weighted by Gasteiger charge is -2.25. The molecular formula is C16H26N4O3S. The Hall–Kier alpha value is -1.38. The molecule has 1 N–H and O–H groups in total. The summed E-state index contributed by atoms with van der Waals surface area (Å²) in [5.41, 5.74) is 0.437. The van der Waals surface area contributed by atoms with Gasteiger partial charge in [0.15, 0.2) is 0 Å². The van der Waals surface area contributed by atoms with Crippen molar-refractivity contribution >= 4 is 15.9 Å². The molecule has 0 atom stereocenters. The molecule has 1 aromatic heterocycles. The van der Waals surface area contributed by atoms with Crippen LogP contribution < -0.4 is 5.32 Å². The number of amides is 1. The number of hydrogen-bond donors (Lipinski definition) is 1. The summed E-state index contributed by atoms with van der Waals surface area (Å²) < 4.78 is 28.7. The number of hydrogen-bond acceptors (Lipinski definition) is 4. The van der Waals surface area contributed by atoms with E-state index in [1.807, 2.05) is 0 Å². The Balaban J connectivity index is 1.82. The highest BCUT2D eigenvalue weighted by Crippen LogP contribution is 2.23. The Bertz CT molecular complexity index is 684. The largest absolute Gasteiger partial charge is 0.345 e. The van der Waals surface area contributed by atoms with Crippen LogP contribution in [0.2, 0.25) is 0 Å². The second-order valence-corrected chi connectivity index (χ2v) is 8.47. The van der Waals surface area contributed by atoms with Gasteiger partial charge in [-0.1, -0.05) is 6.42 Å². The van der Waals surface area contributed by atoms with E-state index in [2.05, 4.69) is 5.32 Å². The molecule has 134 valence electrons. The molecular weight excluding hydrogens is 328 g/mol. The van der Waals surface area contributed by atoms with Gasteiger partial charge in [-0.25, -0.2) is 8.42 Å². The Kier molecular flexibility index (Phi) is 5.27. The molecule has 0 aliphatic carbocycles. The fourth-order valence-electron chi connectivity index (χ4n) is 3.35. The third kappa shape index (κ3) is 3.50. The number of sulfonamides is 1. The van der Waals surface area contributed by atoms with Crippen LogP contribution in [0.4, 0.5) is 0 Å². The van der Waals surface area contributed by atoms with Gasteiger partial charge in [-0.3, -0.25) is 4.79 Å². The Morgan fingerprint density at radius 3 is 2.54 bits per heavy atom. The lowest BCUT2D eigenvalue weighted by Crippen LogP contribution is -2.35. The van der Waals surface area contributed by atoms with E-state index in [1.54, 1.807) is 22.7 Å². The number of rotatable bonds is 3.